The van der Waals surface area contributed by atoms with Gasteiger partial charge in [0.1, 0.15) is 152 Å². The highest BCUT2D eigenvalue weighted by Crippen LogP contribution is 2.40. The summed E-state index contributed by atoms with van der Waals surface area (Å²) in [7, 11) is 0. The number of aliphatic hydroxyl groups is 15. The highest BCUT2D eigenvalue weighted by Gasteiger charge is 2.61. The molecule has 7 aliphatic rings. The summed E-state index contributed by atoms with van der Waals surface area (Å²) in [6.07, 6.45) is -48.9. The van der Waals surface area contributed by atoms with Crippen molar-refractivity contribution in [2.24, 2.45) is 5.73 Å². The van der Waals surface area contributed by atoms with Crippen LogP contribution in [0.4, 0.5) is 0 Å². The first-order valence-electron chi connectivity index (χ1n) is 35.7. The summed E-state index contributed by atoms with van der Waals surface area (Å²) >= 11 is 0. The minimum Gasteiger partial charge on any atom is -0.477 e. The number of primary amides is 1. The number of carboxylic acid groups (broad SMARTS) is 1. The third-order valence-electron chi connectivity index (χ3n) is 19.9. The molecule has 7 rings (SSSR count). The standard InChI is InChI=1S/C64H104N10O37/c1-21(53(65)94)66-55(96)29-10-8-12-73(29)58(99)30-11-9-13-74(30)57(98)22(2)67-56(97)37(72-54(95)28(15-75)68-24(4)80)23(3)103-60-40(71-27(7)83)50(109-61-47(92)46(91)42(87)33(17-77)104-61)44(89)36(107-60)20-102-59-39(70-26(6)82)45(90)49(35(19-79)106-59)108-62-48(93)52(43(88)34(18-78)105-62)111-64(63(100)101)14-31(84)38(69-25(5)81)51(110-64)41(86)32(85)16-76/h21-23,28-52,59-62,75-79,84-93H,8-20H2,1-7H3,(H2,65,94)(H,66,96)(H,67,97)(H,68,80)(H,69,81)(H,70,82)(H,71,83)(H,72,95)(H,100,101)/t21?,22?,23?,28?,29?,30?,31-,32-,33?,34?,35?,36?,37?,38-,39?,40?,41-,42+,43+,44+,45-,46+,47?,48?,49-,50-,51?,52+,59-,60+,61+,62+,64+/m1/s1. The van der Waals surface area contributed by atoms with Crippen LogP contribution < -0.4 is 43.0 Å². The summed E-state index contributed by atoms with van der Waals surface area (Å²) in [5.74, 6) is -14.5. The first-order chi connectivity index (χ1) is 52.2. The second kappa shape index (κ2) is 40.0. The van der Waals surface area contributed by atoms with Gasteiger partial charge in [0, 0.05) is 47.2 Å². The van der Waals surface area contributed by atoms with E-state index in [-0.39, 0.29) is 32.4 Å². The van der Waals surface area contributed by atoms with E-state index in [0.29, 0.717) is 6.42 Å². The molecule has 0 aromatic heterocycles. The molecule has 33 atom stereocenters. The zero-order valence-corrected chi connectivity index (χ0v) is 61.4. The molecule has 7 saturated heterocycles. The predicted molar refractivity (Wildman–Crippen MR) is 357 cm³/mol. The second-order valence-electron chi connectivity index (χ2n) is 28.1. The lowest BCUT2D eigenvalue weighted by molar-refractivity contribution is -0.383. The number of ether oxygens (including phenoxy) is 10. The molecule has 10 amide bonds. The van der Waals surface area contributed by atoms with Crippen LogP contribution in [0.3, 0.4) is 0 Å². The molecular formula is C64H104N10O37. The van der Waals surface area contributed by atoms with Crippen molar-refractivity contribution >= 4 is 65.0 Å². The van der Waals surface area contributed by atoms with Gasteiger partial charge >= 0.3 is 5.97 Å². The number of hydrogen-bond acceptors (Lipinski definition) is 36. The first kappa shape index (κ1) is 91.4. The molecule has 111 heavy (non-hydrogen) atoms. The van der Waals surface area contributed by atoms with Crippen molar-refractivity contribution in [2.45, 2.75) is 282 Å². The van der Waals surface area contributed by atoms with Crippen LogP contribution in [0, 0.1) is 0 Å². The van der Waals surface area contributed by atoms with Crippen molar-refractivity contribution in [1.29, 1.82) is 0 Å². The Morgan fingerprint density at radius 3 is 1.65 bits per heavy atom. The van der Waals surface area contributed by atoms with Gasteiger partial charge in [-0.15, -0.1) is 0 Å². The number of aliphatic carboxylic acids is 1. The molecular weight excluding hydrogens is 1500 g/mol. The molecule has 16 unspecified atom stereocenters. The number of likely N-dealkylation sites (tertiary alicyclic amines) is 2. The lowest BCUT2D eigenvalue weighted by atomic mass is 9.88. The fraction of sp³-hybridized carbons (Fsp3) is 0.828. The number of rotatable bonds is 33. The van der Waals surface area contributed by atoms with E-state index in [0.717, 1.165) is 34.6 Å². The number of carboxylic acids is 1. The molecule has 0 spiro atoms. The average Bonchev–Trinajstić information content (AvgIpc) is 1.35. The third kappa shape index (κ3) is 21.6. The zero-order valence-electron chi connectivity index (χ0n) is 61.4. The zero-order chi connectivity index (χ0) is 82.7. The maximum atomic E-state index is 14.9. The topological polar surface area (TPSA) is 720 Å². The van der Waals surface area contributed by atoms with Gasteiger partial charge in [-0.3, -0.25) is 47.9 Å². The number of nitrogens with two attached hydrogens (primary N) is 1. The summed E-state index contributed by atoms with van der Waals surface area (Å²) in [6.45, 7) is 0.903. The van der Waals surface area contributed by atoms with E-state index < -0.39 is 312 Å². The minimum absolute atomic E-state index is 0.0246. The molecule has 25 N–H and O–H groups in total. The van der Waals surface area contributed by atoms with Crippen LogP contribution >= 0.6 is 0 Å². The Bertz CT molecular complexity index is 3230. The van der Waals surface area contributed by atoms with Gasteiger partial charge in [0.25, 0.3) is 5.79 Å². The Balaban J connectivity index is 1.18. The molecule has 0 bridgehead atoms. The maximum Gasteiger partial charge on any atom is 0.364 e. The Hall–Kier alpha value is -6.83. The number of amides is 10. The van der Waals surface area contributed by atoms with Crippen molar-refractivity contribution in [1.82, 2.24) is 47.0 Å². The van der Waals surface area contributed by atoms with E-state index in [2.05, 4.69) is 37.2 Å². The van der Waals surface area contributed by atoms with Crippen LogP contribution in [0.1, 0.15) is 80.6 Å². The molecule has 7 aliphatic heterocycles. The molecule has 632 valence electrons. The number of hydrogen-bond donors (Lipinski definition) is 24. The van der Waals surface area contributed by atoms with Crippen molar-refractivity contribution < 1.29 is 182 Å². The van der Waals surface area contributed by atoms with Gasteiger partial charge in [0.15, 0.2) is 25.2 Å². The summed E-state index contributed by atoms with van der Waals surface area (Å²) in [6, 6.07) is -14.3. The van der Waals surface area contributed by atoms with Crippen molar-refractivity contribution in [3.05, 3.63) is 0 Å². The van der Waals surface area contributed by atoms with E-state index in [4.69, 9.17) is 53.1 Å². The molecule has 0 saturated carbocycles. The largest absolute Gasteiger partial charge is 0.477 e. The maximum absolute atomic E-state index is 14.9. The molecule has 7 heterocycles. The molecule has 0 aromatic rings. The monoisotopic (exact) mass is 1600 g/mol. The first-order valence-corrected chi connectivity index (χ1v) is 35.7. The van der Waals surface area contributed by atoms with E-state index in [9.17, 15) is 134 Å². The van der Waals surface area contributed by atoms with Crippen LogP contribution in [0.5, 0.6) is 0 Å². The van der Waals surface area contributed by atoms with Gasteiger partial charge in [0.2, 0.25) is 59.1 Å². The smallest absolute Gasteiger partial charge is 0.364 e. The van der Waals surface area contributed by atoms with Gasteiger partial charge < -0.3 is 182 Å². The second-order valence-corrected chi connectivity index (χ2v) is 28.1. The van der Waals surface area contributed by atoms with Crippen molar-refractivity contribution in [2.75, 3.05) is 52.7 Å². The Morgan fingerprint density at radius 1 is 0.541 bits per heavy atom. The summed E-state index contributed by atoms with van der Waals surface area (Å²) in [4.78, 5) is 149. The summed E-state index contributed by atoms with van der Waals surface area (Å²) < 4.78 is 59.5. The highest BCUT2D eigenvalue weighted by atomic mass is 16.8. The Labute approximate surface area is 632 Å². The average molecular weight is 1610 g/mol. The van der Waals surface area contributed by atoms with E-state index in [1.165, 1.54) is 23.6 Å². The molecule has 0 aliphatic carbocycles. The quantitative estimate of drug-likeness (QED) is 0.0290. The van der Waals surface area contributed by atoms with E-state index in [1.807, 2.05) is 0 Å². The van der Waals surface area contributed by atoms with Crippen LogP contribution in [-0.4, -0.2) is 411 Å². The lowest BCUT2D eigenvalue weighted by Gasteiger charge is -2.51. The predicted octanol–water partition coefficient (Wildman–Crippen LogP) is -15.4. The van der Waals surface area contributed by atoms with E-state index in [1.54, 1.807) is 0 Å². The molecule has 47 nitrogen and oxygen atoms in total. The van der Waals surface area contributed by atoms with Crippen molar-refractivity contribution in [3.63, 3.8) is 0 Å². The molecule has 7 fully saturated rings. The SMILES string of the molecule is CC(=O)NC(CO)C(=O)NC(C(=O)NC(C)C(=O)N1CCCC1C(=O)N1CCCC1C(=O)NC(C)C(N)=O)C(C)O[C@H]1OC(CO[C@@H]2OC(CO)[C@@H](O[C@@H]3OC(CO)[C@H](O)[C@H](O[C@]4(C(=O)O)C[C@@H](O)[C@@H](NC(C)=O)C([C@H](O)[C@H](O)CO)O4)C3O)[C@H](O)C2NC(C)=O)[C@H](O)[C@H](O[C@@H]2OC(CO)[C@H](O)[C@H](O)C2O)C1NC(C)=O. The van der Waals surface area contributed by atoms with Crippen LogP contribution in [0.2, 0.25) is 0 Å². The number of nitrogens with one attached hydrogen (secondary N) is 7. The molecule has 47 heteroatoms. The number of nitrogens with zero attached hydrogens (tertiary/aromatic N) is 2. The van der Waals surface area contributed by atoms with Crippen molar-refractivity contribution in [3.8, 4) is 0 Å². The third-order valence-corrected chi connectivity index (χ3v) is 19.9. The van der Waals surface area contributed by atoms with Crippen LogP contribution in [0.25, 0.3) is 0 Å². The summed E-state index contributed by atoms with van der Waals surface area (Å²) in [5, 5.41) is 192. The number of carbonyl (C=O) groups excluding carboxylic acids is 10. The lowest BCUT2D eigenvalue weighted by Crippen LogP contribution is -2.71. The normalized spacial score (nSPS) is 37.0. The molecule has 0 aromatic carbocycles. The molecule has 0 radical (unpaired) electrons. The Kier molecular flexibility index (Phi) is 32.9. The fourth-order valence-electron chi connectivity index (χ4n) is 14.1. The summed E-state index contributed by atoms with van der Waals surface area (Å²) in [5.41, 5.74) is 5.34. The minimum atomic E-state index is -3.26. The van der Waals surface area contributed by atoms with Gasteiger partial charge in [-0.2, -0.15) is 0 Å². The van der Waals surface area contributed by atoms with Crippen LogP contribution in [0.15, 0.2) is 0 Å². The number of aliphatic hydroxyl groups excluding tert-OH is 15. The van der Waals surface area contributed by atoms with Gasteiger partial charge in [-0.1, -0.05) is 0 Å². The van der Waals surface area contributed by atoms with Crippen LogP contribution in [-0.2, 0) is 100 Å². The fourth-order valence-corrected chi connectivity index (χ4v) is 14.1. The van der Waals surface area contributed by atoms with Gasteiger partial charge in [0.05, 0.1) is 57.9 Å². The van der Waals surface area contributed by atoms with Gasteiger partial charge in [-0.25, -0.2) is 4.79 Å². The highest BCUT2D eigenvalue weighted by molar-refractivity contribution is 5.97. The number of carbonyl (C=O) groups is 11. The van der Waals surface area contributed by atoms with E-state index >= 15 is 0 Å². The Morgan fingerprint density at radius 2 is 1.08 bits per heavy atom. The van der Waals surface area contributed by atoms with Gasteiger partial charge in [-0.05, 0) is 46.5 Å².